The van der Waals surface area contributed by atoms with Gasteiger partial charge in [-0.2, -0.15) is 13.2 Å². The first-order valence-electron chi connectivity index (χ1n) is 5.73. The topological polar surface area (TPSA) is 42.7 Å². The molecule has 0 aliphatic carbocycles. The molecule has 0 aliphatic heterocycles. The molecular formula is C12H13F3N4. The maximum Gasteiger partial charge on any atom is 0.401 e. The van der Waals surface area contributed by atoms with Crippen LogP contribution in [-0.4, -0.2) is 27.7 Å². The highest BCUT2D eigenvalue weighted by Gasteiger charge is 2.28. The van der Waals surface area contributed by atoms with E-state index in [0.29, 0.717) is 5.69 Å². The molecule has 2 rings (SSSR count). The van der Waals surface area contributed by atoms with Gasteiger partial charge in [0.05, 0.1) is 30.2 Å². The van der Waals surface area contributed by atoms with Crippen molar-refractivity contribution in [1.82, 2.24) is 20.3 Å². The van der Waals surface area contributed by atoms with Crippen LogP contribution in [0.4, 0.5) is 13.2 Å². The van der Waals surface area contributed by atoms with Crippen LogP contribution in [0.15, 0.2) is 36.5 Å². The highest BCUT2D eigenvalue weighted by molar-refractivity contribution is 5.30. The number of rotatable bonds is 4. The largest absolute Gasteiger partial charge is 0.401 e. The standard InChI is InChI=1S/C12H13F3N4/c1-9(16-8-12(13,14)15)11-7-19(18-17-11)10-5-3-2-4-6-10/h2-7,9,16H,8H2,1H3. The van der Waals surface area contributed by atoms with Crippen LogP contribution in [0.2, 0.25) is 0 Å². The van der Waals surface area contributed by atoms with E-state index in [1.54, 1.807) is 13.1 Å². The van der Waals surface area contributed by atoms with E-state index >= 15 is 0 Å². The smallest absolute Gasteiger partial charge is 0.301 e. The Bertz CT molecular complexity index is 521. The molecule has 1 atom stereocenters. The molecular weight excluding hydrogens is 257 g/mol. The molecule has 0 saturated heterocycles. The number of nitrogens with zero attached hydrogens (tertiary/aromatic N) is 3. The zero-order chi connectivity index (χ0) is 13.9. The molecule has 2 aromatic rings. The van der Waals surface area contributed by atoms with Crippen molar-refractivity contribution < 1.29 is 13.2 Å². The second-order valence-electron chi connectivity index (χ2n) is 4.14. The molecule has 1 unspecified atom stereocenters. The molecule has 0 aliphatic rings. The number of alkyl halides is 3. The average molecular weight is 270 g/mol. The number of hydrogen-bond donors (Lipinski definition) is 1. The summed E-state index contributed by atoms with van der Waals surface area (Å²) >= 11 is 0. The summed E-state index contributed by atoms with van der Waals surface area (Å²) in [4.78, 5) is 0. The zero-order valence-corrected chi connectivity index (χ0v) is 10.2. The first-order valence-corrected chi connectivity index (χ1v) is 5.73. The lowest BCUT2D eigenvalue weighted by Crippen LogP contribution is -2.31. The second kappa shape index (κ2) is 5.40. The van der Waals surface area contributed by atoms with Crippen molar-refractivity contribution in [1.29, 1.82) is 0 Å². The number of aromatic nitrogens is 3. The van der Waals surface area contributed by atoms with E-state index in [2.05, 4.69) is 15.6 Å². The van der Waals surface area contributed by atoms with Crippen molar-refractivity contribution in [2.24, 2.45) is 0 Å². The van der Waals surface area contributed by atoms with Crippen LogP contribution < -0.4 is 5.32 Å². The van der Waals surface area contributed by atoms with Crippen LogP contribution in [0.25, 0.3) is 5.69 Å². The zero-order valence-electron chi connectivity index (χ0n) is 10.2. The van der Waals surface area contributed by atoms with Crippen LogP contribution in [0.3, 0.4) is 0 Å². The fourth-order valence-electron chi connectivity index (χ4n) is 1.56. The quantitative estimate of drug-likeness (QED) is 0.928. The van der Waals surface area contributed by atoms with Gasteiger partial charge in [-0.1, -0.05) is 23.4 Å². The molecule has 102 valence electrons. The summed E-state index contributed by atoms with van der Waals surface area (Å²) in [6, 6.07) is 8.73. The van der Waals surface area contributed by atoms with Crippen LogP contribution >= 0.6 is 0 Å². The SMILES string of the molecule is CC(NCC(F)(F)F)c1cn(-c2ccccc2)nn1. The van der Waals surface area contributed by atoms with Gasteiger partial charge < -0.3 is 5.32 Å². The summed E-state index contributed by atoms with van der Waals surface area (Å²) in [5.41, 5.74) is 1.28. The van der Waals surface area contributed by atoms with Gasteiger partial charge in [-0.15, -0.1) is 5.10 Å². The predicted molar refractivity (Wildman–Crippen MR) is 63.8 cm³/mol. The molecule has 0 fully saturated rings. The number of para-hydroxylation sites is 1. The Labute approximate surface area is 108 Å². The maximum absolute atomic E-state index is 12.1. The average Bonchev–Trinajstić information content (AvgIpc) is 2.86. The van der Waals surface area contributed by atoms with Crippen LogP contribution in [0, 0.1) is 0 Å². The van der Waals surface area contributed by atoms with Gasteiger partial charge in [0, 0.05) is 0 Å². The summed E-state index contributed by atoms with van der Waals surface area (Å²) < 4.78 is 37.8. The van der Waals surface area contributed by atoms with Crippen molar-refractivity contribution >= 4 is 0 Å². The molecule has 19 heavy (non-hydrogen) atoms. The summed E-state index contributed by atoms with van der Waals surface area (Å²) in [5, 5.41) is 10.1. The molecule has 0 saturated carbocycles. The van der Waals surface area contributed by atoms with Gasteiger partial charge >= 0.3 is 6.18 Å². The molecule has 1 aromatic carbocycles. The highest BCUT2D eigenvalue weighted by atomic mass is 19.4. The van der Waals surface area contributed by atoms with Crippen LogP contribution in [0.5, 0.6) is 0 Å². The molecule has 0 spiro atoms. The minimum Gasteiger partial charge on any atom is -0.301 e. The Balaban J connectivity index is 2.05. The second-order valence-corrected chi connectivity index (χ2v) is 4.14. The molecule has 0 amide bonds. The number of hydrogen-bond acceptors (Lipinski definition) is 3. The minimum absolute atomic E-state index is 0.466. The molecule has 1 heterocycles. The fourth-order valence-corrected chi connectivity index (χ4v) is 1.56. The van der Waals surface area contributed by atoms with Crippen molar-refractivity contribution in [3.63, 3.8) is 0 Å². The molecule has 1 N–H and O–H groups in total. The number of nitrogens with one attached hydrogen (secondary N) is 1. The van der Waals surface area contributed by atoms with Crippen molar-refractivity contribution in [2.45, 2.75) is 19.1 Å². The summed E-state index contributed by atoms with van der Waals surface area (Å²) in [5.74, 6) is 0. The maximum atomic E-state index is 12.1. The van der Waals surface area contributed by atoms with Crippen molar-refractivity contribution in [3.05, 3.63) is 42.2 Å². The Morgan fingerprint density at radius 3 is 2.58 bits per heavy atom. The van der Waals surface area contributed by atoms with Gasteiger partial charge in [0.2, 0.25) is 0 Å². The van der Waals surface area contributed by atoms with E-state index in [9.17, 15) is 13.2 Å². The van der Waals surface area contributed by atoms with E-state index in [0.717, 1.165) is 5.69 Å². The minimum atomic E-state index is -4.23. The number of halogens is 3. The molecule has 1 aromatic heterocycles. The lowest BCUT2D eigenvalue weighted by atomic mass is 10.2. The Morgan fingerprint density at radius 1 is 1.26 bits per heavy atom. The monoisotopic (exact) mass is 270 g/mol. The third kappa shape index (κ3) is 3.78. The fraction of sp³-hybridized carbons (Fsp3) is 0.333. The lowest BCUT2D eigenvalue weighted by molar-refractivity contribution is -0.126. The van der Waals surface area contributed by atoms with Gasteiger partial charge in [0.25, 0.3) is 0 Å². The van der Waals surface area contributed by atoms with Gasteiger partial charge in [-0.05, 0) is 19.1 Å². The van der Waals surface area contributed by atoms with Gasteiger partial charge in [-0.25, -0.2) is 4.68 Å². The van der Waals surface area contributed by atoms with Gasteiger partial charge in [0.1, 0.15) is 0 Å². The highest BCUT2D eigenvalue weighted by Crippen LogP contribution is 2.16. The van der Waals surface area contributed by atoms with E-state index in [4.69, 9.17) is 0 Å². The molecule has 4 nitrogen and oxygen atoms in total. The Kier molecular flexibility index (Phi) is 3.84. The van der Waals surface area contributed by atoms with Gasteiger partial charge in [0.15, 0.2) is 0 Å². The summed E-state index contributed by atoms with van der Waals surface area (Å²) in [6.45, 7) is 0.567. The lowest BCUT2D eigenvalue weighted by Gasteiger charge is -2.12. The third-order valence-electron chi connectivity index (χ3n) is 2.58. The van der Waals surface area contributed by atoms with Crippen LogP contribution in [-0.2, 0) is 0 Å². The van der Waals surface area contributed by atoms with Crippen LogP contribution in [0.1, 0.15) is 18.7 Å². The number of benzene rings is 1. The predicted octanol–water partition coefficient (Wildman–Crippen LogP) is 2.48. The van der Waals surface area contributed by atoms with E-state index in [1.165, 1.54) is 4.68 Å². The van der Waals surface area contributed by atoms with Crippen molar-refractivity contribution in [3.8, 4) is 5.69 Å². The first-order chi connectivity index (χ1) is 8.96. The first kappa shape index (κ1) is 13.5. The Hall–Kier alpha value is -1.89. The molecule has 7 heteroatoms. The van der Waals surface area contributed by atoms with Crippen molar-refractivity contribution in [2.75, 3.05) is 6.54 Å². The molecule has 0 bridgehead atoms. The molecule has 0 radical (unpaired) electrons. The third-order valence-corrected chi connectivity index (χ3v) is 2.58. The van der Waals surface area contributed by atoms with E-state index < -0.39 is 18.8 Å². The van der Waals surface area contributed by atoms with E-state index in [-0.39, 0.29) is 0 Å². The van der Waals surface area contributed by atoms with E-state index in [1.807, 2.05) is 30.3 Å². The van der Waals surface area contributed by atoms with Gasteiger partial charge in [-0.3, -0.25) is 0 Å². The summed E-state index contributed by atoms with van der Waals surface area (Å²) in [6.07, 6.45) is -2.62. The Morgan fingerprint density at radius 2 is 1.95 bits per heavy atom. The summed E-state index contributed by atoms with van der Waals surface area (Å²) in [7, 11) is 0. The normalized spacial score (nSPS) is 13.5.